The van der Waals surface area contributed by atoms with E-state index in [4.69, 9.17) is 54.8 Å². The molecule has 0 saturated heterocycles. The van der Waals surface area contributed by atoms with Crippen LogP contribution in [-0.4, -0.2) is 73.5 Å². The van der Waals surface area contributed by atoms with Gasteiger partial charge in [-0.25, -0.2) is 44.9 Å². The second kappa shape index (κ2) is 37.6. The number of rotatable bonds is 15. The molecule has 0 radical (unpaired) electrons. The van der Waals surface area contributed by atoms with Gasteiger partial charge in [-0.15, -0.1) is 34.0 Å². The van der Waals surface area contributed by atoms with E-state index < -0.39 is 0 Å². The van der Waals surface area contributed by atoms with E-state index in [1.165, 1.54) is 121 Å². The number of hydrogen-bond donors (Lipinski definition) is 0. The van der Waals surface area contributed by atoms with Gasteiger partial charge in [-0.3, -0.25) is 15.0 Å². The van der Waals surface area contributed by atoms with Gasteiger partial charge in [0.05, 0.1) is 68.8 Å². The van der Waals surface area contributed by atoms with Crippen LogP contribution >= 0.6 is 34.0 Å². The molecule has 0 atom stereocenters. The summed E-state index contributed by atoms with van der Waals surface area (Å²) in [6, 6.07) is 161. The van der Waals surface area contributed by atoms with E-state index >= 15 is 0 Å². The molecule has 0 aliphatic heterocycles. The fourth-order valence-electron chi connectivity index (χ4n) is 20.8. The summed E-state index contributed by atoms with van der Waals surface area (Å²) in [5, 5.41) is 14.9. The zero-order valence-electron chi connectivity index (χ0n) is 80.2. The Bertz CT molecular complexity index is 10300. The van der Waals surface area contributed by atoms with Crippen molar-refractivity contribution in [3.63, 3.8) is 0 Å². The summed E-state index contributed by atoms with van der Waals surface area (Å²) in [5.41, 5.74) is 24.5. The number of benzene rings is 18. The number of thiophene rings is 3. The van der Waals surface area contributed by atoms with E-state index in [0.29, 0.717) is 58.1 Å². The summed E-state index contributed by atoms with van der Waals surface area (Å²) in [5.74, 6) is 5.42. The molecule has 0 N–H and O–H groups in total. The fourth-order valence-corrected chi connectivity index (χ4v) is 24.1. The predicted octanol–water partition coefficient (Wildman–Crippen LogP) is 34.2. The largest absolute Gasteiger partial charge is 0.308 e. The molecule has 30 rings (SSSR count). The zero-order valence-corrected chi connectivity index (χ0v) is 82.6. The summed E-state index contributed by atoms with van der Waals surface area (Å²) < 4.78 is 14.8. The second-order valence-electron chi connectivity index (χ2n) is 37.0. The Morgan fingerprint density at radius 1 is 0.160 bits per heavy atom. The van der Waals surface area contributed by atoms with Gasteiger partial charge in [0, 0.05) is 150 Å². The molecule has 18 aromatic carbocycles. The maximum atomic E-state index is 5.08. The van der Waals surface area contributed by atoms with Crippen LogP contribution in [0.1, 0.15) is 0 Å². The minimum atomic E-state index is 0.533. The molecule has 0 unspecified atom stereocenters. The van der Waals surface area contributed by atoms with Crippen LogP contribution in [0.25, 0.3) is 279 Å². The van der Waals surface area contributed by atoms with Crippen LogP contribution in [-0.2, 0) is 0 Å². The molecule has 0 saturated carbocycles. The van der Waals surface area contributed by atoms with E-state index in [9.17, 15) is 0 Å². The highest BCUT2D eigenvalue weighted by Gasteiger charge is 2.26. The lowest BCUT2D eigenvalue weighted by Crippen LogP contribution is -2.04. The highest BCUT2D eigenvalue weighted by molar-refractivity contribution is 7.26. The van der Waals surface area contributed by atoms with Crippen molar-refractivity contribution in [1.29, 1.82) is 0 Å². The summed E-state index contributed by atoms with van der Waals surface area (Å²) in [6.07, 6.45) is 9.41. The minimum Gasteiger partial charge on any atom is -0.308 e. The average molecular weight is 1970 g/mol. The van der Waals surface area contributed by atoms with Crippen molar-refractivity contribution in [3.8, 4) is 153 Å². The minimum absolute atomic E-state index is 0.533. The lowest BCUT2D eigenvalue weighted by Gasteiger charge is -2.14. The van der Waals surface area contributed by atoms with Gasteiger partial charge in [0.25, 0.3) is 0 Å². The molecule has 702 valence electrons. The zero-order chi connectivity index (χ0) is 99.1. The molecule has 0 spiro atoms. The second-order valence-corrected chi connectivity index (χ2v) is 40.3. The standard InChI is InChI=1S/3C44H27N5S/c1-3-11-28(12-4-1)42-46-43(29-13-5-2-6-14-29)48-44(47-42)37-23-21-32(27-45-37)49-38-17-9-7-15-33(38)34-22-19-31(26-39(34)49)30-20-24-41-36(25-30)35-16-8-10-18-40(35)50-41;1-3-11-28(12-4-1)42-46-43(29-13-5-2-6-14-29)48-44(47-42)32-23-33(27-45-26-32)49-38-17-9-7-15-34(38)35-21-19-31(25-39(35)49)30-20-22-41-37(24-30)36-16-8-10-18-40(36)50-41;1-3-11-28(12-4-1)42-46-43(29-13-5-2-6-14-29)48-44(47-42)35-23-24-45-27-39(35)49-37-17-9-7-15-32(37)33-21-19-31(26-38(33)49)30-20-22-41-36(25-30)34-16-8-10-18-40(34)50-41/h3*1-27H. The third-order valence-electron chi connectivity index (χ3n) is 28.0. The van der Waals surface area contributed by atoms with Gasteiger partial charge in [-0.05, 0) is 149 Å². The summed E-state index contributed by atoms with van der Waals surface area (Å²) in [6.45, 7) is 0. The Morgan fingerprint density at radius 2 is 0.453 bits per heavy atom. The summed E-state index contributed by atoms with van der Waals surface area (Å²) in [7, 11) is 0. The predicted molar refractivity (Wildman–Crippen MR) is 620 cm³/mol. The molecule has 0 amide bonds. The van der Waals surface area contributed by atoms with Crippen LogP contribution in [0.3, 0.4) is 0 Å². The Morgan fingerprint density at radius 3 is 0.827 bits per heavy atom. The first-order valence-electron chi connectivity index (χ1n) is 49.6. The van der Waals surface area contributed by atoms with Gasteiger partial charge in [0.1, 0.15) is 5.69 Å². The van der Waals surface area contributed by atoms with Gasteiger partial charge in [0.15, 0.2) is 52.4 Å². The van der Waals surface area contributed by atoms with E-state index in [-0.39, 0.29) is 0 Å². The number of fused-ring (bicyclic) bond motifs is 18. The molecule has 0 aliphatic carbocycles. The molecule has 15 nitrogen and oxygen atoms in total. The molecule has 18 heteroatoms. The average Bonchev–Trinajstić information content (AvgIpc) is 1.58. The maximum Gasteiger partial charge on any atom is 0.182 e. The number of pyridine rings is 3. The first-order valence-corrected chi connectivity index (χ1v) is 52.1. The molecule has 12 heterocycles. The topological polar surface area (TPSA) is 169 Å². The van der Waals surface area contributed by atoms with Crippen molar-refractivity contribution in [1.82, 2.24) is 73.5 Å². The molecular weight excluding hydrogens is 1890 g/mol. The Kier molecular flexibility index (Phi) is 22.1. The highest BCUT2D eigenvalue weighted by atomic mass is 32.1. The van der Waals surface area contributed by atoms with Crippen LogP contribution in [0.2, 0.25) is 0 Å². The monoisotopic (exact) mass is 1970 g/mol. The van der Waals surface area contributed by atoms with E-state index in [1.807, 2.05) is 259 Å². The number of para-hydroxylation sites is 3. The lowest BCUT2D eigenvalue weighted by atomic mass is 10.0. The lowest BCUT2D eigenvalue weighted by molar-refractivity contribution is 1.05. The Hall–Kier alpha value is -19.5. The quantitative estimate of drug-likeness (QED) is 0.0953. The van der Waals surface area contributed by atoms with Crippen molar-refractivity contribution >= 4 is 160 Å². The van der Waals surface area contributed by atoms with Crippen LogP contribution in [0.15, 0.2) is 492 Å². The van der Waals surface area contributed by atoms with Gasteiger partial charge < -0.3 is 13.7 Å². The Balaban J connectivity index is 0.000000108. The SMILES string of the molecule is c1ccc(-c2nc(-c3ccccc3)nc(-c3ccc(-n4c5ccccc5c5ccc(-c6ccc7sc8ccccc8c7c6)cc54)cn3)n2)cc1.c1ccc(-c2nc(-c3ccccc3)nc(-c3ccncc3-n3c4ccccc4c4ccc(-c5ccc6sc7ccccc7c6c5)cc43)n2)cc1.c1ccc(-c2nc(-c3ccccc3)nc(-c3cncc(-n4c5ccccc5c5ccc(-c6ccc7sc8ccccc8c7c6)cc54)c3)n2)cc1. The van der Waals surface area contributed by atoms with Crippen molar-refractivity contribution in [2.45, 2.75) is 0 Å². The molecule has 150 heavy (non-hydrogen) atoms. The summed E-state index contributed by atoms with van der Waals surface area (Å²) in [4.78, 5) is 58.9. The van der Waals surface area contributed by atoms with Gasteiger partial charge in [-0.2, -0.15) is 0 Å². The normalized spacial score (nSPS) is 11.6. The molecule has 12 aromatic heterocycles. The maximum absolute atomic E-state index is 5.08. The fraction of sp³-hybridized carbons (Fsp3) is 0. The third kappa shape index (κ3) is 16.2. The highest BCUT2D eigenvalue weighted by Crippen LogP contribution is 2.46. The van der Waals surface area contributed by atoms with Crippen molar-refractivity contribution in [3.05, 3.63) is 492 Å². The van der Waals surface area contributed by atoms with Crippen molar-refractivity contribution in [2.75, 3.05) is 0 Å². The van der Waals surface area contributed by atoms with Gasteiger partial charge >= 0.3 is 0 Å². The molecule has 30 aromatic rings. The molecule has 0 aliphatic rings. The molecule has 0 bridgehead atoms. The number of aromatic nitrogens is 15. The van der Waals surface area contributed by atoms with Crippen LogP contribution < -0.4 is 0 Å². The Labute approximate surface area is 871 Å². The first kappa shape index (κ1) is 88.2. The van der Waals surface area contributed by atoms with E-state index in [0.717, 1.165) is 100 Å². The third-order valence-corrected chi connectivity index (χ3v) is 31.5. The van der Waals surface area contributed by atoms with Crippen LogP contribution in [0, 0.1) is 0 Å². The number of nitrogens with zero attached hydrogens (tertiary/aromatic N) is 15. The summed E-state index contributed by atoms with van der Waals surface area (Å²) >= 11 is 5.53. The molecular formula is C132H81N15S3. The van der Waals surface area contributed by atoms with Gasteiger partial charge in [-0.1, -0.05) is 346 Å². The van der Waals surface area contributed by atoms with Crippen molar-refractivity contribution in [2.24, 2.45) is 0 Å². The van der Waals surface area contributed by atoms with E-state index in [1.54, 1.807) is 0 Å². The number of hydrogen-bond acceptors (Lipinski definition) is 15. The van der Waals surface area contributed by atoms with Crippen molar-refractivity contribution < 1.29 is 0 Å². The van der Waals surface area contributed by atoms with E-state index in [2.05, 4.69) is 286 Å². The van der Waals surface area contributed by atoms with Crippen LogP contribution in [0.4, 0.5) is 0 Å². The first-order chi connectivity index (χ1) is 74.3. The smallest absolute Gasteiger partial charge is 0.182 e. The van der Waals surface area contributed by atoms with Gasteiger partial charge in [0.2, 0.25) is 0 Å². The van der Waals surface area contributed by atoms with Crippen LogP contribution in [0.5, 0.6) is 0 Å². The molecule has 0 fully saturated rings.